The van der Waals surface area contributed by atoms with E-state index in [9.17, 15) is 47.4 Å². The normalized spacial score (nSPS) is 10.7. The molecule has 374 valence electrons. The van der Waals surface area contributed by atoms with Crippen LogP contribution in [0.3, 0.4) is 0 Å². The van der Waals surface area contributed by atoms with Crippen molar-refractivity contribution in [3.05, 3.63) is 225 Å². The highest BCUT2D eigenvalue weighted by atomic mass is 15.0. The number of hydrogen-bond acceptors (Lipinski definition) is 11. The second-order valence-corrected chi connectivity index (χ2v) is 19.6. The van der Waals surface area contributed by atoms with Crippen molar-refractivity contribution in [3.8, 4) is 122 Å². The van der Waals surface area contributed by atoms with E-state index in [1.54, 1.807) is 48.5 Å². The van der Waals surface area contributed by atoms with Crippen LogP contribution in [-0.4, -0.2) is 19.1 Å². The van der Waals surface area contributed by atoms with E-state index < -0.39 is 0 Å². The van der Waals surface area contributed by atoms with Gasteiger partial charge in [0.1, 0.15) is 11.9 Å². The minimum Gasteiger partial charge on any atom is -0.308 e. The van der Waals surface area contributed by atoms with Gasteiger partial charge in [0.25, 0.3) is 0 Å². The highest BCUT2D eigenvalue weighted by Crippen LogP contribution is 2.44. The van der Waals surface area contributed by atoms with Gasteiger partial charge in [-0.1, -0.05) is 48.5 Å². The molecule has 0 aliphatic heterocycles. The molecule has 82 heavy (non-hydrogen) atoms. The number of aryl methyl sites for hydroxylation is 2. The van der Waals surface area contributed by atoms with E-state index in [0.717, 1.165) is 21.5 Å². The van der Waals surface area contributed by atoms with Crippen LogP contribution in [0.5, 0.6) is 0 Å². The van der Waals surface area contributed by atoms with Crippen LogP contribution in [0.4, 0.5) is 0 Å². The van der Waals surface area contributed by atoms with E-state index in [0.29, 0.717) is 145 Å². The summed E-state index contributed by atoms with van der Waals surface area (Å²) in [6.45, 7) is 3.69. The van der Waals surface area contributed by atoms with Crippen molar-refractivity contribution >= 4 is 43.6 Å². The third-order valence-corrected chi connectivity index (χ3v) is 14.6. The van der Waals surface area contributed by atoms with Crippen molar-refractivity contribution in [1.82, 2.24) is 19.1 Å². The number of nitriles is 9. The largest absolute Gasteiger partial charge is 0.308 e. The van der Waals surface area contributed by atoms with Gasteiger partial charge in [0, 0.05) is 32.8 Å². The Hall–Kier alpha value is -12.9. The Balaban J connectivity index is 1.22. The molecule has 0 saturated heterocycles. The van der Waals surface area contributed by atoms with Gasteiger partial charge < -0.3 is 9.13 Å². The van der Waals surface area contributed by atoms with Crippen molar-refractivity contribution in [3.63, 3.8) is 0 Å². The minimum absolute atomic E-state index is 0.246. The van der Waals surface area contributed by atoms with Crippen LogP contribution in [0.1, 0.15) is 61.6 Å². The highest BCUT2D eigenvalue weighted by molar-refractivity contribution is 6.13. The molecule has 3 aromatic heterocycles. The Morgan fingerprint density at radius 1 is 0.293 bits per heavy atom. The molecule has 0 N–H and O–H groups in total. The molecule has 0 unspecified atom stereocenters. The fraction of sp³-hybridized carbons (Fsp3) is 0.0290. The molecular formula is C69H33N13. The molecule has 3 heterocycles. The van der Waals surface area contributed by atoms with Crippen LogP contribution in [0.15, 0.2) is 164 Å². The van der Waals surface area contributed by atoms with Crippen molar-refractivity contribution < 1.29 is 0 Å². The van der Waals surface area contributed by atoms with Gasteiger partial charge in [-0.3, -0.25) is 0 Å². The monoisotopic (exact) mass is 1040 g/mol. The molecule has 12 rings (SSSR count). The standard InChI is InChI=1S/C69H33N13/c1-39-11-63(80-40(2)79-39)62-29-64(81-65-24-49(53-16-41(30-70)12-42(17-53)31-71)3-7-58(65)59-8-4-50(25-66(59)81)54-18-43(32-72)13-44(19-54)33-73)57(38-78)28-69(62)82-67-26-51(55-20-45(34-74)14-46(21-55)35-75)5-9-60(67)61-10-6-52(27-68(61)82)56-22-47(36-76)15-48(23-56)37-77/h3-29H,1-2H3. The summed E-state index contributed by atoms with van der Waals surface area (Å²) in [6.07, 6.45) is 0. The lowest BCUT2D eigenvalue weighted by Gasteiger charge is -2.19. The smallest absolute Gasteiger partial charge is 0.126 e. The van der Waals surface area contributed by atoms with Gasteiger partial charge in [-0.2, -0.15) is 47.4 Å². The van der Waals surface area contributed by atoms with Crippen LogP contribution in [0.2, 0.25) is 0 Å². The molecule has 9 aromatic carbocycles. The third kappa shape index (κ3) is 8.55. The molecule has 0 atom stereocenters. The van der Waals surface area contributed by atoms with Crippen LogP contribution in [-0.2, 0) is 0 Å². The molecule has 0 bridgehead atoms. The number of hydrogen-bond donors (Lipinski definition) is 0. The molecular weight excluding hydrogens is 1010 g/mol. The van der Waals surface area contributed by atoms with Crippen molar-refractivity contribution in [2.45, 2.75) is 13.8 Å². The zero-order chi connectivity index (χ0) is 56.9. The third-order valence-electron chi connectivity index (χ3n) is 14.6. The van der Waals surface area contributed by atoms with Crippen LogP contribution >= 0.6 is 0 Å². The van der Waals surface area contributed by atoms with Crippen LogP contribution < -0.4 is 0 Å². The molecule has 0 radical (unpaired) electrons. The van der Waals surface area contributed by atoms with E-state index in [4.69, 9.17) is 4.98 Å². The summed E-state index contributed by atoms with van der Waals surface area (Å²) in [5.41, 5.74) is 13.7. The molecule has 0 spiro atoms. The molecule has 12 aromatic rings. The highest BCUT2D eigenvalue weighted by Gasteiger charge is 2.25. The Labute approximate surface area is 468 Å². The van der Waals surface area contributed by atoms with Crippen molar-refractivity contribution in [2.75, 3.05) is 0 Å². The number of aromatic nitrogens is 4. The van der Waals surface area contributed by atoms with Crippen LogP contribution in [0, 0.1) is 116 Å². The fourth-order valence-electron chi connectivity index (χ4n) is 11.1. The lowest BCUT2D eigenvalue weighted by atomic mass is 9.98. The Morgan fingerprint density at radius 2 is 0.598 bits per heavy atom. The zero-order valence-electron chi connectivity index (χ0n) is 43.4. The van der Waals surface area contributed by atoms with Gasteiger partial charge in [0.2, 0.25) is 0 Å². The molecule has 13 heteroatoms. The second kappa shape index (κ2) is 19.9. The SMILES string of the molecule is Cc1cc(-c2cc(-n3c4cc(-c5cc(C#N)cc(C#N)c5)ccc4c4ccc(-c5cc(C#N)cc(C#N)c5)cc43)c(C#N)cc2-n2c3cc(-c4cc(C#N)cc(C#N)c4)ccc3c3ccc(-c4cc(C#N)cc(C#N)c4)cc32)nc(C)n1. The molecule has 0 aliphatic carbocycles. The van der Waals surface area contributed by atoms with Gasteiger partial charge in [0.15, 0.2) is 0 Å². The number of benzene rings is 9. The number of fused-ring (bicyclic) bond motifs is 6. The predicted molar refractivity (Wildman–Crippen MR) is 310 cm³/mol. The van der Waals surface area contributed by atoms with Gasteiger partial charge in [-0.05, 0) is 174 Å². The van der Waals surface area contributed by atoms with Gasteiger partial charge in [-0.15, -0.1) is 0 Å². The fourth-order valence-corrected chi connectivity index (χ4v) is 11.1. The summed E-state index contributed by atoms with van der Waals surface area (Å²) in [4.78, 5) is 9.74. The molecule has 0 fully saturated rings. The lowest BCUT2D eigenvalue weighted by molar-refractivity contribution is 1.01. The maximum absolute atomic E-state index is 11.7. The lowest BCUT2D eigenvalue weighted by Crippen LogP contribution is -2.05. The first kappa shape index (κ1) is 49.9. The topological polar surface area (TPSA) is 250 Å². The molecule has 0 aliphatic rings. The van der Waals surface area contributed by atoms with E-state index in [1.807, 2.05) is 109 Å². The van der Waals surface area contributed by atoms with E-state index in [1.165, 1.54) is 24.3 Å². The van der Waals surface area contributed by atoms with Crippen molar-refractivity contribution in [2.24, 2.45) is 0 Å². The Bertz CT molecular complexity index is 4840. The average Bonchev–Trinajstić information content (AvgIpc) is 4.22. The summed E-state index contributed by atoms with van der Waals surface area (Å²) >= 11 is 0. The maximum atomic E-state index is 11.7. The Morgan fingerprint density at radius 3 is 0.878 bits per heavy atom. The Kier molecular flexibility index (Phi) is 12.1. The molecule has 0 amide bonds. The quantitative estimate of drug-likeness (QED) is 0.145. The summed E-state index contributed by atoms with van der Waals surface area (Å²) in [6, 6.07) is 69.2. The molecule has 13 nitrogen and oxygen atoms in total. The maximum Gasteiger partial charge on any atom is 0.126 e. The summed E-state index contributed by atoms with van der Waals surface area (Å²) in [5, 5.41) is 95.2. The van der Waals surface area contributed by atoms with Gasteiger partial charge in [0.05, 0.1) is 138 Å². The van der Waals surface area contributed by atoms with Gasteiger partial charge >= 0.3 is 0 Å². The second-order valence-electron chi connectivity index (χ2n) is 19.6. The zero-order valence-corrected chi connectivity index (χ0v) is 43.4. The predicted octanol–water partition coefficient (Wildman–Crippen LogP) is 14.5. The first-order chi connectivity index (χ1) is 39.9. The summed E-state index contributed by atoms with van der Waals surface area (Å²) in [7, 11) is 0. The first-order valence-electron chi connectivity index (χ1n) is 25.4. The van der Waals surface area contributed by atoms with Gasteiger partial charge in [-0.25, -0.2) is 9.97 Å². The molecule has 0 saturated carbocycles. The minimum atomic E-state index is 0.246. The van der Waals surface area contributed by atoms with E-state index in [-0.39, 0.29) is 5.56 Å². The van der Waals surface area contributed by atoms with E-state index >= 15 is 0 Å². The number of nitrogens with zero attached hydrogens (tertiary/aromatic N) is 13. The first-order valence-corrected chi connectivity index (χ1v) is 25.4. The van der Waals surface area contributed by atoms with E-state index in [2.05, 4.69) is 64.2 Å². The van der Waals surface area contributed by atoms with Crippen LogP contribution in [0.25, 0.3) is 111 Å². The summed E-state index contributed by atoms with van der Waals surface area (Å²) in [5.74, 6) is 0.494. The summed E-state index contributed by atoms with van der Waals surface area (Å²) < 4.78 is 4.07. The van der Waals surface area contributed by atoms with Crippen molar-refractivity contribution in [1.29, 1.82) is 47.4 Å². The average molecular weight is 1040 g/mol. The number of rotatable bonds is 7.